The number of benzene rings is 2. The van der Waals surface area contributed by atoms with E-state index >= 15 is 0 Å². The van der Waals surface area contributed by atoms with Gasteiger partial charge in [0, 0.05) is 25.8 Å². The summed E-state index contributed by atoms with van der Waals surface area (Å²) >= 11 is 0. The highest BCUT2D eigenvalue weighted by molar-refractivity contribution is 5.92. The van der Waals surface area contributed by atoms with Gasteiger partial charge in [0.15, 0.2) is 0 Å². The number of aromatic nitrogens is 2. The number of hydrogen-bond acceptors (Lipinski definition) is 6. The fourth-order valence-electron chi connectivity index (χ4n) is 3.90. The SMILES string of the molecule is C[C@@H](NC(=O)c1ccnc(N2CCOCC2)n1)c1ccc(-c2cc(C(F)(F)F)ccc2CN)cc1. The monoisotopic (exact) mass is 485 g/mol. The standard InChI is InChI=1S/C25H26F3N5O2/c1-16(31-23(34)22-8-9-30-24(32-22)33-10-12-35-13-11-33)17-2-4-18(5-3-17)21-14-20(25(26,27)28)7-6-19(21)15-29/h2-9,14,16H,10-13,15,29H2,1H3,(H,31,34)/t16-/m1/s1. The topological polar surface area (TPSA) is 93.4 Å². The minimum absolute atomic E-state index is 0.118. The molecule has 0 aliphatic carbocycles. The van der Waals surface area contributed by atoms with Gasteiger partial charge in [-0.2, -0.15) is 13.2 Å². The first-order valence-electron chi connectivity index (χ1n) is 11.2. The van der Waals surface area contributed by atoms with Crippen molar-refractivity contribution in [1.82, 2.24) is 15.3 Å². The molecule has 0 radical (unpaired) electrons. The molecule has 1 fully saturated rings. The van der Waals surface area contributed by atoms with Crippen molar-refractivity contribution in [3.8, 4) is 11.1 Å². The molecule has 10 heteroatoms. The van der Waals surface area contributed by atoms with Crippen molar-refractivity contribution < 1.29 is 22.7 Å². The van der Waals surface area contributed by atoms with Crippen LogP contribution in [0.2, 0.25) is 0 Å². The number of amides is 1. The van der Waals surface area contributed by atoms with Gasteiger partial charge < -0.3 is 20.7 Å². The van der Waals surface area contributed by atoms with Gasteiger partial charge in [-0.3, -0.25) is 4.79 Å². The molecule has 0 unspecified atom stereocenters. The second kappa shape index (κ2) is 10.4. The highest BCUT2D eigenvalue weighted by atomic mass is 19.4. The molecule has 3 aromatic rings. The molecule has 2 heterocycles. The predicted octanol–water partition coefficient (Wildman–Crippen LogP) is 3.95. The first-order chi connectivity index (χ1) is 16.8. The molecule has 1 aromatic heterocycles. The Labute approximate surface area is 201 Å². The molecule has 4 rings (SSSR count). The van der Waals surface area contributed by atoms with Crippen LogP contribution in [-0.4, -0.2) is 42.2 Å². The zero-order valence-electron chi connectivity index (χ0n) is 19.2. The minimum atomic E-state index is -4.44. The highest BCUT2D eigenvalue weighted by Crippen LogP contribution is 2.34. The van der Waals surface area contributed by atoms with Crippen molar-refractivity contribution >= 4 is 11.9 Å². The van der Waals surface area contributed by atoms with Crippen LogP contribution in [0.15, 0.2) is 54.7 Å². The van der Waals surface area contributed by atoms with E-state index in [1.807, 2.05) is 11.8 Å². The van der Waals surface area contributed by atoms with Crippen molar-refractivity contribution in [2.75, 3.05) is 31.2 Å². The number of alkyl halides is 3. The fourth-order valence-corrected chi connectivity index (χ4v) is 3.90. The summed E-state index contributed by atoms with van der Waals surface area (Å²) in [6.07, 6.45) is -2.89. The first-order valence-corrected chi connectivity index (χ1v) is 11.2. The second-order valence-electron chi connectivity index (χ2n) is 8.23. The molecule has 0 saturated carbocycles. The van der Waals surface area contributed by atoms with Crippen molar-refractivity contribution in [2.45, 2.75) is 25.7 Å². The van der Waals surface area contributed by atoms with Crippen LogP contribution in [0, 0.1) is 0 Å². The summed E-state index contributed by atoms with van der Waals surface area (Å²) in [5.74, 6) is 0.136. The maximum atomic E-state index is 13.2. The number of anilines is 1. The largest absolute Gasteiger partial charge is 0.416 e. The van der Waals surface area contributed by atoms with E-state index in [4.69, 9.17) is 10.5 Å². The van der Waals surface area contributed by atoms with E-state index in [2.05, 4.69) is 15.3 Å². The first kappa shape index (κ1) is 24.6. The van der Waals surface area contributed by atoms with Gasteiger partial charge in [0.1, 0.15) is 5.69 Å². The van der Waals surface area contributed by atoms with Crippen LogP contribution >= 0.6 is 0 Å². The number of carbonyl (C=O) groups is 1. The lowest BCUT2D eigenvalue weighted by Crippen LogP contribution is -2.37. The van der Waals surface area contributed by atoms with Crippen molar-refractivity contribution in [2.24, 2.45) is 5.73 Å². The summed E-state index contributed by atoms with van der Waals surface area (Å²) in [6, 6.07) is 11.8. The van der Waals surface area contributed by atoms with Gasteiger partial charge in [-0.25, -0.2) is 9.97 Å². The number of nitrogens with zero attached hydrogens (tertiary/aromatic N) is 3. The third-order valence-corrected chi connectivity index (χ3v) is 5.90. The molecular formula is C25H26F3N5O2. The zero-order chi connectivity index (χ0) is 25.0. The van der Waals surface area contributed by atoms with Crippen LogP contribution in [0.3, 0.4) is 0 Å². The molecule has 1 atom stereocenters. The Morgan fingerprint density at radius 1 is 1.14 bits per heavy atom. The Hall–Kier alpha value is -3.50. The Morgan fingerprint density at radius 2 is 1.86 bits per heavy atom. The average Bonchev–Trinajstić information content (AvgIpc) is 2.88. The van der Waals surface area contributed by atoms with E-state index in [0.717, 1.165) is 17.7 Å². The predicted molar refractivity (Wildman–Crippen MR) is 126 cm³/mol. The molecule has 184 valence electrons. The number of rotatable bonds is 6. The molecule has 1 aliphatic rings. The van der Waals surface area contributed by atoms with E-state index in [1.54, 1.807) is 36.5 Å². The molecule has 0 bridgehead atoms. The third kappa shape index (κ3) is 5.77. The van der Waals surface area contributed by atoms with Gasteiger partial charge in [0.25, 0.3) is 5.91 Å². The maximum absolute atomic E-state index is 13.2. The summed E-state index contributed by atoms with van der Waals surface area (Å²) < 4.78 is 44.9. The van der Waals surface area contributed by atoms with Crippen LogP contribution in [-0.2, 0) is 17.5 Å². The molecular weight excluding hydrogens is 459 g/mol. The molecule has 7 nitrogen and oxygen atoms in total. The maximum Gasteiger partial charge on any atom is 0.416 e. The molecule has 1 aliphatic heterocycles. The summed E-state index contributed by atoms with van der Waals surface area (Å²) in [7, 11) is 0. The smallest absolute Gasteiger partial charge is 0.378 e. The normalized spacial score (nSPS) is 15.1. The quantitative estimate of drug-likeness (QED) is 0.549. The lowest BCUT2D eigenvalue weighted by Gasteiger charge is -2.26. The summed E-state index contributed by atoms with van der Waals surface area (Å²) in [5.41, 5.74) is 7.73. The molecule has 2 aromatic carbocycles. The van der Waals surface area contributed by atoms with E-state index < -0.39 is 11.7 Å². The van der Waals surface area contributed by atoms with Crippen LogP contribution in [0.25, 0.3) is 11.1 Å². The number of ether oxygens (including phenoxy) is 1. The van der Waals surface area contributed by atoms with Crippen molar-refractivity contribution in [1.29, 1.82) is 0 Å². The fraction of sp³-hybridized carbons (Fsp3) is 0.320. The number of nitrogens with one attached hydrogen (secondary N) is 1. The van der Waals surface area contributed by atoms with Gasteiger partial charge >= 0.3 is 6.18 Å². The molecule has 1 saturated heterocycles. The van der Waals surface area contributed by atoms with Gasteiger partial charge in [0.2, 0.25) is 5.95 Å². The van der Waals surface area contributed by atoms with Crippen LogP contribution < -0.4 is 16.0 Å². The summed E-state index contributed by atoms with van der Waals surface area (Å²) in [4.78, 5) is 23.4. The van der Waals surface area contributed by atoms with E-state index in [9.17, 15) is 18.0 Å². The molecule has 1 amide bonds. The third-order valence-electron chi connectivity index (χ3n) is 5.90. The number of hydrogen-bond donors (Lipinski definition) is 2. The van der Waals surface area contributed by atoms with Crippen LogP contribution in [0.1, 0.15) is 40.1 Å². The lowest BCUT2D eigenvalue weighted by molar-refractivity contribution is -0.137. The van der Waals surface area contributed by atoms with Gasteiger partial charge in [-0.1, -0.05) is 30.3 Å². The zero-order valence-corrected chi connectivity index (χ0v) is 19.2. The van der Waals surface area contributed by atoms with E-state index in [0.29, 0.717) is 48.9 Å². The average molecular weight is 486 g/mol. The second-order valence-corrected chi connectivity index (χ2v) is 8.23. The summed E-state index contributed by atoms with van der Waals surface area (Å²) in [5, 5.41) is 2.91. The highest BCUT2D eigenvalue weighted by Gasteiger charge is 2.31. The number of halogens is 3. The Morgan fingerprint density at radius 3 is 2.51 bits per heavy atom. The van der Waals surface area contributed by atoms with Crippen molar-refractivity contribution in [3.05, 3.63) is 77.1 Å². The van der Waals surface area contributed by atoms with Gasteiger partial charge in [-0.15, -0.1) is 0 Å². The van der Waals surface area contributed by atoms with E-state index in [-0.39, 0.29) is 24.2 Å². The van der Waals surface area contributed by atoms with Gasteiger partial charge in [-0.05, 0) is 47.4 Å². The molecule has 35 heavy (non-hydrogen) atoms. The Balaban J connectivity index is 1.48. The molecule has 3 N–H and O–H groups in total. The lowest BCUT2D eigenvalue weighted by atomic mass is 9.95. The summed E-state index contributed by atoms with van der Waals surface area (Å²) in [6.45, 7) is 4.43. The van der Waals surface area contributed by atoms with Gasteiger partial charge in [0.05, 0.1) is 24.8 Å². The van der Waals surface area contributed by atoms with Crippen molar-refractivity contribution in [3.63, 3.8) is 0 Å². The number of nitrogens with two attached hydrogens (primary N) is 1. The Kier molecular flexibility index (Phi) is 7.32. The molecule has 0 spiro atoms. The van der Waals surface area contributed by atoms with Crippen LogP contribution in [0.4, 0.5) is 19.1 Å². The number of carbonyl (C=O) groups excluding carboxylic acids is 1. The van der Waals surface area contributed by atoms with E-state index in [1.165, 1.54) is 6.07 Å². The number of morpholine rings is 1. The minimum Gasteiger partial charge on any atom is -0.378 e. The Bertz CT molecular complexity index is 1180. The van der Waals surface area contributed by atoms with Crippen LogP contribution in [0.5, 0.6) is 0 Å².